The molecule has 2 N–H and O–H groups in total. The number of aliphatic hydroxyl groups excluding tert-OH is 1. The van der Waals surface area contributed by atoms with Crippen LogP contribution in [0, 0.1) is 0 Å². The number of amides is 1. The predicted molar refractivity (Wildman–Crippen MR) is 125 cm³/mol. The van der Waals surface area contributed by atoms with E-state index in [1.165, 1.54) is 0 Å². The molecule has 3 atom stereocenters. The number of nitrogens with one attached hydrogen (secondary N) is 1. The maximum absolute atomic E-state index is 12.0. The molecule has 1 aliphatic heterocycles. The SMILES string of the molecule is C=CC(=O)NCC(=O)OC1CCC([Si]2(C)O[Si](C)(C)O[Si](C)(C)O[Si](C)(C)O2)CC1O. The summed E-state index contributed by atoms with van der Waals surface area (Å²) in [6.07, 6.45) is 1.24. The first-order valence-electron chi connectivity index (χ1n) is 10.6. The van der Waals surface area contributed by atoms with Crippen LogP contribution < -0.4 is 5.32 Å². The third-order valence-electron chi connectivity index (χ3n) is 5.25. The van der Waals surface area contributed by atoms with Gasteiger partial charge in [0.1, 0.15) is 12.6 Å². The fourth-order valence-corrected chi connectivity index (χ4v) is 26.7. The Morgan fingerprint density at radius 1 is 1.00 bits per heavy atom. The molecule has 0 aromatic carbocycles. The molecule has 2 aliphatic rings. The van der Waals surface area contributed by atoms with E-state index in [9.17, 15) is 14.7 Å². The summed E-state index contributed by atoms with van der Waals surface area (Å²) in [4.78, 5) is 23.2. The van der Waals surface area contributed by atoms with Gasteiger partial charge < -0.3 is 31.6 Å². The average molecular weight is 508 g/mol. The maximum Gasteiger partial charge on any atom is 0.325 e. The summed E-state index contributed by atoms with van der Waals surface area (Å²) in [6, 6.07) is 0. The van der Waals surface area contributed by atoms with Gasteiger partial charge in [0.05, 0.1) is 6.10 Å². The molecule has 1 saturated carbocycles. The van der Waals surface area contributed by atoms with Crippen molar-refractivity contribution in [3.05, 3.63) is 12.7 Å². The van der Waals surface area contributed by atoms with E-state index in [4.69, 9.17) is 21.2 Å². The van der Waals surface area contributed by atoms with Gasteiger partial charge >= 0.3 is 40.2 Å². The average Bonchev–Trinajstić information content (AvgIpc) is 2.56. The van der Waals surface area contributed by atoms with Gasteiger partial charge in [0.15, 0.2) is 0 Å². The molecule has 1 aliphatic carbocycles. The van der Waals surface area contributed by atoms with Crippen LogP contribution in [0.4, 0.5) is 0 Å². The maximum atomic E-state index is 12.0. The summed E-state index contributed by atoms with van der Waals surface area (Å²) in [7, 11) is -10.1. The van der Waals surface area contributed by atoms with Crippen LogP contribution in [-0.4, -0.2) is 70.0 Å². The topological polar surface area (TPSA) is 113 Å². The zero-order valence-electron chi connectivity index (χ0n) is 19.6. The van der Waals surface area contributed by atoms with Crippen LogP contribution in [0.15, 0.2) is 12.7 Å². The van der Waals surface area contributed by atoms with Crippen molar-refractivity contribution in [1.29, 1.82) is 0 Å². The molecule has 2 rings (SSSR count). The lowest BCUT2D eigenvalue weighted by Crippen LogP contribution is -2.66. The van der Waals surface area contributed by atoms with E-state index in [0.717, 1.165) is 6.08 Å². The Balaban J connectivity index is 2.07. The van der Waals surface area contributed by atoms with E-state index >= 15 is 0 Å². The second-order valence-electron chi connectivity index (χ2n) is 9.65. The highest BCUT2D eigenvalue weighted by molar-refractivity contribution is 6.93. The number of hydrogen-bond acceptors (Lipinski definition) is 8. The van der Waals surface area contributed by atoms with Crippen molar-refractivity contribution >= 4 is 46.1 Å². The van der Waals surface area contributed by atoms with Crippen molar-refractivity contribution in [1.82, 2.24) is 5.32 Å². The van der Waals surface area contributed by atoms with Crippen molar-refractivity contribution < 1.29 is 35.9 Å². The summed E-state index contributed by atoms with van der Waals surface area (Å²) >= 11 is 0. The smallest absolute Gasteiger partial charge is 0.325 e. The molecule has 31 heavy (non-hydrogen) atoms. The van der Waals surface area contributed by atoms with Crippen LogP contribution in [0.1, 0.15) is 19.3 Å². The summed E-state index contributed by atoms with van der Waals surface area (Å²) in [5.41, 5.74) is 0.0200. The Morgan fingerprint density at radius 2 is 1.52 bits per heavy atom. The van der Waals surface area contributed by atoms with Crippen LogP contribution in [0.5, 0.6) is 0 Å². The highest BCUT2D eigenvalue weighted by Gasteiger charge is 2.56. The number of ether oxygens (including phenoxy) is 1. The minimum Gasteiger partial charge on any atom is -0.458 e. The van der Waals surface area contributed by atoms with Crippen LogP contribution in [0.2, 0.25) is 51.4 Å². The summed E-state index contributed by atoms with van der Waals surface area (Å²) in [6.45, 7) is 17.2. The lowest BCUT2D eigenvalue weighted by Gasteiger charge is -2.51. The van der Waals surface area contributed by atoms with Gasteiger partial charge in [0.2, 0.25) is 5.91 Å². The van der Waals surface area contributed by atoms with Gasteiger partial charge in [0, 0.05) is 5.54 Å². The van der Waals surface area contributed by atoms with E-state index in [1.807, 2.05) is 45.8 Å². The second-order valence-corrected chi connectivity index (χ2v) is 24.2. The number of hydrogen-bond donors (Lipinski definition) is 2. The highest BCUT2D eigenvalue weighted by Crippen LogP contribution is 2.43. The molecule has 13 heteroatoms. The third kappa shape index (κ3) is 7.71. The van der Waals surface area contributed by atoms with Gasteiger partial charge in [-0.05, 0) is 71.2 Å². The fourth-order valence-electron chi connectivity index (χ4n) is 4.58. The Kier molecular flexibility index (Phi) is 8.31. The lowest BCUT2D eigenvalue weighted by atomic mass is 9.94. The normalized spacial score (nSPS) is 31.5. The van der Waals surface area contributed by atoms with Gasteiger partial charge in [-0.15, -0.1) is 0 Å². The van der Waals surface area contributed by atoms with Crippen LogP contribution >= 0.6 is 0 Å². The molecule has 1 heterocycles. The molecule has 0 bridgehead atoms. The second kappa shape index (κ2) is 9.68. The molecular formula is C18H37NO8Si4. The van der Waals surface area contributed by atoms with E-state index in [1.54, 1.807) is 0 Å². The third-order valence-corrected chi connectivity index (χ3v) is 22.3. The van der Waals surface area contributed by atoms with Crippen molar-refractivity contribution in [3.8, 4) is 0 Å². The van der Waals surface area contributed by atoms with Gasteiger partial charge in [-0.3, -0.25) is 9.59 Å². The standard InChI is InChI=1S/C18H37NO8Si4/c1-9-17(21)19-13-18(22)23-16-11-10-14(12-15(16)20)31(8)26-29(4,5)24-28(2,3)25-30(6,7)27-31/h9,14-16,20H,1,10-13H2,2-8H3,(H,19,21). The van der Waals surface area contributed by atoms with Crippen molar-refractivity contribution in [2.24, 2.45) is 0 Å². The molecular weight excluding hydrogens is 471 g/mol. The Hall–Kier alpha value is -0.652. The minimum atomic E-state index is -2.77. The number of aliphatic hydroxyl groups is 1. The van der Waals surface area contributed by atoms with Gasteiger partial charge in [-0.1, -0.05) is 6.58 Å². The molecule has 1 amide bonds. The molecule has 3 unspecified atom stereocenters. The van der Waals surface area contributed by atoms with Crippen molar-refractivity contribution in [2.75, 3.05) is 6.54 Å². The van der Waals surface area contributed by atoms with Crippen LogP contribution in [0.3, 0.4) is 0 Å². The van der Waals surface area contributed by atoms with E-state index in [0.29, 0.717) is 19.3 Å². The molecule has 0 aromatic rings. The molecule has 1 saturated heterocycles. The number of carbonyl (C=O) groups is 2. The first-order chi connectivity index (χ1) is 14.1. The zero-order chi connectivity index (χ0) is 23.7. The first-order valence-corrected chi connectivity index (χ1v) is 21.5. The van der Waals surface area contributed by atoms with Crippen LogP contribution in [0.25, 0.3) is 0 Å². The quantitative estimate of drug-likeness (QED) is 0.331. The Labute approximate surface area is 189 Å². The van der Waals surface area contributed by atoms with Crippen molar-refractivity contribution in [3.63, 3.8) is 0 Å². The lowest BCUT2D eigenvalue weighted by molar-refractivity contribution is -0.157. The molecule has 9 nitrogen and oxygen atoms in total. The fraction of sp³-hybridized carbons (Fsp3) is 0.778. The molecule has 0 spiro atoms. The molecule has 178 valence electrons. The Bertz CT molecular complexity index is 680. The van der Waals surface area contributed by atoms with Gasteiger partial charge in [0.25, 0.3) is 0 Å². The van der Waals surface area contributed by atoms with E-state index < -0.39 is 58.3 Å². The number of carbonyl (C=O) groups excluding carboxylic acids is 2. The largest absolute Gasteiger partial charge is 0.458 e. The molecule has 2 fully saturated rings. The monoisotopic (exact) mass is 507 g/mol. The van der Waals surface area contributed by atoms with E-state index in [-0.39, 0.29) is 12.1 Å². The summed E-state index contributed by atoms with van der Waals surface area (Å²) in [5.74, 6) is -1.04. The van der Waals surface area contributed by atoms with Crippen LogP contribution in [-0.2, 0) is 30.8 Å². The predicted octanol–water partition coefficient (Wildman–Crippen LogP) is 2.37. The zero-order valence-corrected chi connectivity index (χ0v) is 23.6. The van der Waals surface area contributed by atoms with Gasteiger partial charge in [-0.2, -0.15) is 0 Å². The molecule has 0 radical (unpaired) electrons. The molecule has 0 aromatic heterocycles. The minimum absolute atomic E-state index is 0.0200. The summed E-state index contributed by atoms with van der Waals surface area (Å²) in [5, 5.41) is 13.1. The number of rotatable bonds is 5. The first kappa shape index (κ1) is 26.6. The van der Waals surface area contributed by atoms with Crippen molar-refractivity contribution in [2.45, 2.75) is 82.8 Å². The van der Waals surface area contributed by atoms with Gasteiger partial charge in [-0.25, -0.2) is 0 Å². The Morgan fingerprint density at radius 3 is 2.00 bits per heavy atom. The highest BCUT2D eigenvalue weighted by atomic mass is 28.5. The number of esters is 1. The van der Waals surface area contributed by atoms with E-state index in [2.05, 4.69) is 11.9 Å². The summed E-state index contributed by atoms with van der Waals surface area (Å²) < 4.78 is 31.5.